The van der Waals surface area contributed by atoms with Crippen LogP contribution in [0.15, 0.2) is 97.8 Å². The predicted molar refractivity (Wildman–Crippen MR) is 163 cm³/mol. The van der Waals surface area contributed by atoms with Gasteiger partial charge in [0.2, 0.25) is 5.88 Å². The van der Waals surface area contributed by atoms with E-state index in [-0.39, 0.29) is 11.3 Å². The summed E-state index contributed by atoms with van der Waals surface area (Å²) in [5, 5.41) is 9.24. The second kappa shape index (κ2) is 18.7. The Morgan fingerprint density at radius 1 is 1.23 bits per heavy atom. The van der Waals surface area contributed by atoms with E-state index in [2.05, 4.69) is 41.7 Å². The molecule has 2 heterocycles. The smallest absolute Gasteiger partial charge is 0.216 e. The third kappa shape index (κ3) is 9.67. The van der Waals surface area contributed by atoms with E-state index in [1.54, 1.807) is 74.2 Å². The summed E-state index contributed by atoms with van der Waals surface area (Å²) in [6.45, 7) is 19.2. The summed E-state index contributed by atoms with van der Waals surface area (Å²) < 4.78 is 33.8. The van der Waals surface area contributed by atoms with Crippen LogP contribution in [0.5, 0.6) is 5.88 Å². The number of hydrazone groups is 1. The van der Waals surface area contributed by atoms with E-state index in [9.17, 15) is 8.78 Å². The summed E-state index contributed by atoms with van der Waals surface area (Å²) in [6, 6.07) is 4.42. The van der Waals surface area contributed by atoms with Crippen LogP contribution in [-0.4, -0.2) is 49.1 Å². The molecule has 0 bridgehead atoms. The molecule has 7 nitrogen and oxygen atoms in total. The van der Waals surface area contributed by atoms with Gasteiger partial charge in [0, 0.05) is 50.0 Å². The number of carbonyl (C=O) groups is 1. The molecular weight excluding hydrogens is 536 g/mol. The van der Waals surface area contributed by atoms with Gasteiger partial charge in [-0.3, -0.25) is 5.01 Å². The van der Waals surface area contributed by atoms with E-state index in [0.29, 0.717) is 16.5 Å². The number of pyridine rings is 1. The van der Waals surface area contributed by atoms with Crippen molar-refractivity contribution in [2.75, 3.05) is 26.5 Å². The largest absolute Gasteiger partial charge is 0.481 e. The van der Waals surface area contributed by atoms with Crippen LogP contribution in [0.4, 0.5) is 14.5 Å². The van der Waals surface area contributed by atoms with Gasteiger partial charge in [-0.2, -0.15) is 5.10 Å². The minimum absolute atomic E-state index is 0.0883. The van der Waals surface area contributed by atoms with Crippen molar-refractivity contribution in [2.45, 2.75) is 13.8 Å². The highest BCUT2D eigenvalue weighted by Gasteiger charge is 2.20. The fourth-order valence-electron chi connectivity index (χ4n) is 3.27. The lowest BCUT2D eigenvalue weighted by atomic mass is 10.0. The van der Waals surface area contributed by atoms with Gasteiger partial charge < -0.3 is 19.7 Å². The summed E-state index contributed by atoms with van der Waals surface area (Å²) in [5.74, 6) is -0.632. The number of halogens is 3. The van der Waals surface area contributed by atoms with Gasteiger partial charge in [0.1, 0.15) is 12.6 Å². The fraction of sp³-hybridized carbons (Fsp3) is 0.167. The highest BCUT2D eigenvalue weighted by Crippen LogP contribution is 2.32. The molecular formula is C30H36ClF2N5O2. The van der Waals surface area contributed by atoms with Crippen LogP contribution >= 0.6 is 11.6 Å². The zero-order valence-corrected chi connectivity index (χ0v) is 24.3. The molecule has 0 unspecified atom stereocenters. The first kappa shape index (κ1) is 35.5. The number of nitrogens with one attached hydrogen (secondary N) is 1. The minimum Gasteiger partial charge on any atom is -0.481 e. The van der Waals surface area contributed by atoms with Crippen molar-refractivity contribution >= 4 is 35.9 Å². The number of aryl methyl sites for hydroxylation is 1. The number of nitrogens with zero attached hydrogens (tertiary/aromatic N) is 4. The maximum absolute atomic E-state index is 14.6. The summed E-state index contributed by atoms with van der Waals surface area (Å²) in [5.41, 5.74) is 3.13. The Hall–Kier alpha value is -4.50. The first-order valence-corrected chi connectivity index (χ1v) is 12.1. The van der Waals surface area contributed by atoms with Gasteiger partial charge in [-0.1, -0.05) is 30.8 Å². The maximum Gasteiger partial charge on any atom is 0.216 e. The maximum atomic E-state index is 14.6. The molecule has 1 aromatic carbocycles. The van der Waals surface area contributed by atoms with Crippen molar-refractivity contribution in [3.05, 3.63) is 121 Å². The lowest BCUT2D eigenvalue weighted by Gasteiger charge is -2.27. The molecule has 1 N–H and O–H groups in total. The van der Waals surface area contributed by atoms with Gasteiger partial charge in [-0.05, 0) is 44.2 Å². The Kier molecular flexibility index (Phi) is 16.6. The minimum atomic E-state index is -0.635. The quantitative estimate of drug-likeness (QED) is 0.213. The van der Waals surface area contributed by atoms with Gasteiger partial charge in [-0.15, -0.1) is 13.2 Å². The molecule has 0 saturated heterocycles. The number of anilines is 1. The van der Waals surface area contributed by atoms with E-state index in [1.165, 1.54) is 12.1 Å². The molecule has 0 atom stereocenters. The molecule has 40 heavy (non-hydrogen) atoms. The number of methoxy groups -OCH3 is 1. The molecule has 214 valence electrons. The predicted octanol–water partition coefficient (Wildman–Crippen LogP) is 7.37. The van der Waals surface area contributed by atoms with Gasteiger partial charge in [0.25, 0.3) is 0 Å². The van der Waals surface area contributed by atoms with E-state index < -0.39 is 11.6 Å². The topological polar surface area (TPSA) is 70.1 Å². The molecule has 0 fully saturated rings. The van der Waals surface area contributed by atoms with Crippen LogP contribution < -0.4 is 10.1 Å². The van der Waals surface area contributed by atoms with Crippen molar-refractivity contribution in [1.82, 2.24) is 14.9 Å². The zero-order chi connectivity index (χ0) is 30.8. The normalized spacial score (nSPS) is 12.8. The van der Waals surface area contributed by atoms with Crippen LogP contribution in [0.2, 0.25) is 5.02 Å². The summed E-state index contributed by atoms with van der Waals surface area (Å²) >= 11 is 5.66. The number of carbonyl (C=O) groups excluding carboxylic acids is 1. The second-order valence-electron chi connectivity index (χ2n) is 7.52. The molecule has 3 rings (SSSR count). The molecule has 0 saturated carbocycles. The van der Waals surface area contributed by atoms with E-state index in [1.807, 2.05) is 26.7 Å². The highest BCUT2D eigenvalue weighted by atomic mass is 35.5. The van der Waals surface area contributed by atoms with Gasteiger partial charge in [0.05, 0.1) is 34.8 Å². The Morgan fingerprint density at radius 2 is 1.88 bits per heavy atom. The summed E-state index contributed by atoms with van der Waals surface area (Å²) in [7, 11) is 4.97. The summed E-state index contributed by atoms with van der Waals surface area (Å²) in [4.78, 5) is 13.6. The highest BCUT2D eigenvalue weighted by molar-refractivity contribution is 6.30. The molecule has 1 aliphatic rings. The Labute approximate surface area is 240 Å². The van der Waals surface area contributed by atoms with Crippen molar-refractivity contribution in [1.29, 1.82) is 0 Å². The molecule has 10 heteroatoms. The van der Waals surface area contributed by atoms with Crippen LogP contribution in [0, 0.1) is 18.6 Å². The fourth-order valence-corrected chi connectivity index (χ4v) is 3.49. The SMILES string of the molecule is C=C.C=C/C=N\N(C)/C(C)=C1\C=CC(c2c(F)ccc(NC)c2F)=CN1C=C.C=O.COc1ncc(Cl)cc1C. The average Bonchev–Trinajstić information content (AvgIpc) is 2.98. The van der Waals surface area contributed by atoms with Crippen molar-refractivity contribution < 1.29 is 18.3 Å². The van der Waals surface area contributed by atoms with Crippen LogP contribution in [0.3, 0.4) is 0 Å². The number of aromatic nitrogens is 1. The Balaban J connectivity index is 0.000000903. The van der Waals surface area contributed by atoms with Crippen molar-refractivity contribution in [3.63, 3.8) is 0 Å². The molecule has 0 aliphatic carbocycles. The molecule has 1 aliphatic heterocycles. The van der Waals surface area contributed by atoms with Crippen LogP contribution in [0.25, 0.3) is 5.57 Å². The number of hydrogen-bond acceptors (Lipinski definition) is 7. The lowest BCUT2D eigenvalue weighted by molar-refractivity contribution is -0.0980. The summed E-state index contributed by atoms with van der Waals surface area (Å²) in [6.07, 6.45) is 11.4. The molecule has 0 spiro atoms. The van der Waals surface area contributed by atoms with Gasteiger partial charge in [0.15, 0.2) is 5.82 Å². The van der Waals surface area contributed by atoms with E-state index in [4.69, 9.17) is 21.1 Å². The van der Waals surface area contributed by atoms with E-state index >= 15 is 0 Å². The molecule has 0 radical (unpaired) electrons. The standard InChI is InChI=1S/C20H22F2N4.C7H8ClNO.C2H4.CH2O/c1-6-12-24-25(5)14(3)18-11-8-15(13-26(18)7-2)19-16(21)9-10-17(23-4)20(19)22;1-5-3-6(8)4-9-7(5)10-2;2*1-2/h6-13,23H,1-2H2,3-5H3;3-4H,1-2H3;1-2H2;1H2/b18-14+,24-12-;;;. The zero-order valence-electron chi connectivity index (χ0n) is 23.5. The monoisotopic (exact) mass is 571 g/mol. The van der Waals surface area contributed by atoms with Gasteiger partial charge in [-0.25, -0.2) is 13.8 Å². The number of allylic oxidation sites excluding steroid dienone is 5. The van der Waals surface area contributed by atoms with Crippen LogP contribution in [-0.2, 0) is 4.79 Å². The Bertz CT molecular complexity index is 1270. The number of hydrogen-bond donors (Lipinski definition) is 1. The lowest BCUT2D eigenvalue weighted by Crippen LogP contribution is -2.19. The third-order valence-corrected chi connectivity index (χ3v) is 5.42. The van der Waals surface area contributed by atoms with Crippen LogP contribution in [0.1, 0.15) is 18.1 Å². The number of benzene rings is 1. The molecule has 0 amide bonds. The average molecular weight is 572 g/mol. The Morgan fingerprint density at radius 3 is 2.40 bits per heavy atom. The van der Waals surface area contributed by atoms with Crippen molar-refractivity contribution in [3.8, 4) is 5.88 Å². The first-order valence-electron chi connectivity index (χ1n) is 11.7. The third-order valence-electron chi connectivity index (χ3n) is 5.21. The van der Waals surface area contributed by atoms with E-state index in [0.717, 1.165) is 17.0 Å². The van der Waals surface area contributed by atoms with Gasteiger partial charge >= 0.3 is 0 Å². The second-order valence-corrected chi connectivity index (χ2v) is 7.95. The number of ether oxygens (including phenoxy) is 1. The molecule has 1 aromatic heterocycles. The molecule has 2 aromatic rings. The van der Waals surface area contributed by atoms with Crippen molar-refractivity contribution in [2.24, 2.45) is 5.10 Å². The number of rotatable bonds is 7. The first-order chi connectivity index (χ1) is 19.2.